The third-order valence-electron chi connectivity index (χ3n) is 2.44. The molecule has 0 unspecified atom stereocenters. The summed E-state index contributed by atoms with van der Waals surface area (Å²) in [4.78, 5) is 10.8. The molecule has 0 atom stereocenters. The van der Waals surface area contributed by atoms with Crippen molar-refractivity contribution in [3.63, 3.8) is 0 Å². The van der Waals surface area contributed by atoms with Crippen LogP contribution < -0.4 is 0 Å². The molecule has 0 aromatic carbocycles. The summed E-state index contributed by atoms with van der Waals surface area (Å²) in [5.74, 6) is -0.534. The van der Waals surface area contributed by atoms with Gasteiger partial charge in [0.15, 0.2) is 0 Å². The molecule has 2 aromatic rings. The van der Waals surface area contributed by atoms with E-state index in [1.807, 2.05) is 13.0 Å². The highest BCUT2D eigenvalue weighted by Gasteiger charge is 2.14. The van der Waals surface area contributed by atoms with Gasteiger partial charge in [-0.15, -0.1) is 0 Å². The van der Waals surface area contributed by atoms with Gasteiger partial charge in [-0.1, -0.05) is 6.58 Å². The second kappa shape index (κ2) is 4.74. The van der Waals surface area contributed by atoms with Crippen molar-refractivity contribution in [3.05, 3.63) is 66.1 Å². The third kappa shape index (κ3) is 2.15. The van der Waals surface area contributed by atoms with E-state index in [0.717, 1.165) is 11.3 Å². The van der Waals surface area contributed by atoms with E-state index in [4.69, 9.17) is 0 Å². The summed E-state index contributed by atoms with van der Waals surface area (Å²) in [6.07, 6.45) is 4.60. The molecule has 0 aliphatic carbocycles. The molecular formula is C13H12FN3. The molecule has 0 bridgehead atoms. The molecule has 2 aromatic heterocycles. The van der Waals surface area contributed by atoms with Crippen molar-refractivity contribution in [1.29, 1.82) is 0 Å². The van der Waals surface area contributed by atoms with Crippen molar-refractivity contribution in [2.24, 2.45) is 4.99 Å². The quantitative estimate of drug-likeness (QED) is 0.638. The number of rotatable bonds is 3. The first kappa shape index (κ1) is 11.3. The minimum Gasteiger partial charge on any atom is -0.365 e. The van der Waals surface area contributed by atoms with Crippen molar-refractivity contribution in [3.8, 4) is 0 Å². The fourth-order valence-corrected chi connectivity index (χ4v) is 1.65. The Morgan fingerprint density at radius 2 is 2.29 bits per heavy atom. The van der Waals surface area contributed by atoms with E-state index < -0.39 is 5.95 Å². The van der Waals surface area contributed by atoms with Crippen LogP contribution in [0.2, 0.25) is 0 Å². The van der Waals surface area contributed by atoms with E-state index in [0.29, 0.717) is 11.3 Å². The minimum atomic E-state index is -0.534. The highest BCUT2D eigenvalue weighted by molar-refractivity contribution is 6.13. The van der Waals surface area contributed by atoms with Crippen molar-refractivity contribution in [1.82, 2.24) is 9.97 Å². The van der Waals surface area contributed by atoms with Gasteiger partial charge >= 0.3 is 0 Å². The average molecular weight is 229 g/mol. The standard InChI is InChI=1S/C13H12FN3/c1-3-15-12(10-6-8-16-9(10)2)11-5-4-7-17-13(11)14/h3-8,16H,1H2,2H3. The monoisotopic (exact) mass is 229 g/mol. The normalized spacial score (nSPS) is 11.5. The van der Waals surface area contributed by atoms with Gasteiger partial charge in [-0.2, -0.15) is 4.39 Å². The molecule has 0 aliphatic heterocycles. The third-order valence-corrected chi connectivity index (χ3v) is 2.44. The summed E-state index contributed by atoms with van der Waals surface area (Å²) >= 11 is 0. The maximum Gasteiger partial charge on any atom is 0.222 e. The van der Waals surface area contributed by atoms with Gasteiger partial charge in [-0.3, -0.25) is 4.99 Å². The number of H-pyrrole nitrogens is 1. The van der Waals surface area contributed by atoms with Crippen LogP contribution in [0.25, 0.3) is 0 Å². The number of nitrogens with one attached hydrogen (secondary N) is 1. The number of aliphatic imine (C=N–C) groups is 1. The highest BCUT2D eigenvalue weighted by Crippen LogP contribution is 2.15. The van der Waals surface area contributed by atoms with E-state index >= 15 is 0 Å². The fourth-order valence-electron chi connectivity index (χ4n) is 1.65. The first-order valence-electron chi connectivity index (χ1n) is 5.18. The summed E-state index contributed by atoms with van der Waals surface area (Å²) in [7, 11) is 0. The molecule has 1 N–H and O–H groups in total. The van der Waals surface area contributed by atoms with Gasteiger partial charge in [0.1, 0.15) is 0 Å². The molecule has 17 heavy (non-hydrogen) atoms. The number of aryl methyl sites for hydroxylation is 1. The number of pyridine rings is 1. The molecule has 3 nitrogen and oxygen atoms in total. The first-order chi connectivity index (χ1) is 8.24. The summed E-state index contributed by atoms with van der Waals surface area (Å²) in [5.41, 5.74) is 2.67. The van der Waals surface area contributed by atoms with Crippen molar-refractivity contribution < 1.29 is 4.39 Å². The molecule has 0 radical (unpaired) electrons. The lowest BCUT2D eigenvalue weighted by Gasteiger charge is -2.05. The molecule has 86 valence electrons. The van der Waals surface area contributed by atoms with Crippen LogP contribution in [0.15, 0.2) is 48.4 Å². The van der Waals surface area contributed by atoms with Gasteiger partial charge in [0, 0.05) is 29.9 Å². The Kier molecular flexibility index (Phi) is 3.14. The SMILES string of the molecule is C=CN=C(c1cccnc1F)c1cc[nH]c1C. The number of aromatic nitrogens is 2. The molecule has 2 rings (SSSR count). The van der Waals surface area contributed by atoms with Crippen molar-refractivity contribution in [2.45, 2.75) is 6.92 Å². The highest BCUT2D eigenvalue weighted by atomic mass is 19.1. The largest absolute Gasteiger partial charge is 0.365 e. The predicted octanol–water partition coefficient (Wildman–Crippen LogP) is 2.84. The van der Waals surface area contributed by atoms with Crippen LogP contribution in [0.5, 0.6) is 0 Å². The summed E-state index contributed by atoms with van der Waals surface area (Å²) in [5, 5.41) is 0. The van der Waals surface area contributed by atoms with Gasteiger partial charge in [0.05, 0.1) is 11.3 Å². The van der Waals surface area contributed by atoms with E-state index in [2.05, 4.69) is 21.5 Å². The van der Waals surface area contributed by atoms with Crippen LogP contribution >= 0.6 is 0 Å². The van der Waals surface area contributed by atoms with Gasteiger partial charge in [0.2, 0.25) is 5.95 Å². The lowest BCUT2D eigenvalue weighted by Crippen LogP contribution is -2.07. The Balaban J connectivity index is 2.59. The molecule has 2 heterocycles. The second-order valence-electron chi connectivity index (χ2n) is 3.52. The van der Waals surface area contributed by atoms with E-state index in [1.165, 1.54) is 12.4 Å². The van der Waals surface area contributed by atoms with Crippen LogP contribution in [0.1, 0.15) is 16.8 Å². The zero-order valence-electron chi connectivity index (χ0n) is 9.44. The summed E-state index contributed by atoms with van der Waals surface area (Å²) in [6, 6.07) is 5.18. The number of halogens is 1. The minimum absolute atomic E-state index is 0.370. The van der Waals surface area contributed by atoms with Gasteiger partial charge in [-0.25, -0.2) is 4.98 Å². The smallest absolute Gasteiger partial charge is 0.222 e. The van der Waals surface area contributed by atoms with Crippen LogP contribution in [0, 0.1) is 12.9 Å². The molecule has 0 saturated carbocycles. The molecule has 0 spiro atoms. The fraction of sp³-hybridized carbons (Fsp3) is 0.0769. The molecule has 0 aliphatic rings. The molecular weight excluding hydrogens is 217 g/mol. The molecule has 0 saturated heterocycles. The van der Waals surface area contributed by atoms with E-state index in [-0.39, 0.29) is 0 Å². The molecule has 0 fully saturated rings. The van der Waals surface area contributed by atoms with Gasteiger partial charge < -0.3 is 4.98 Å². The predicted molar refractivity (Wildman–Crippen MR) is 65.6 cm³/mol. The maximum atomic E-state index is 13.7. The van der Waals surface area contributed by atoms with E-state index in [1.54, 1.807) is 18.3 Å². The lowest BCUT2D eigenvalue weighted by molar-refractivity contribution is 0.581. The topological polar surface area (TPSA) is 41.0 Å². The second-order valence-corrected chi connectivity index (χ2v) is 3.52. The Morgan fingerprint density at radius 1 is 1.47 bits per heavy atom. The first-order valence-corrected chi connectivity index (χ1v) is 5.18. The Bertz CT molecular complexity index is 570. The number of hydrogen-bond acceptors (Lipinski definition) is 2. The van der Waals surface area contributed by atoms with Crippen molar-refractivity contribution in [2.75, 3.05) is 0 Å². The average Bonchev–Trinajstić information content (AvgIpc) is 2.74. The van der Waals surface area contributed by atoms with Crippen LogP contribution in [0.4, 0.5) is 4.39 Å². The zero-order valence-corrected chi connectivity index (χ0v) is 9.44. The van der Waals surface area contributed by atoms with Crippen LogP contribution in [0.3, 0.4) is 0 Å². The summed E-state index contributed by atoms with van der Waals surface area (Å²) in [6.45, 7) is 5.46. The zero-order chi connectivity index (χ0) is 12.3. The van der Waals surface area contributed by atoms with Gasteiger partial charge in [0.25, 0.3) is 0 Å². The number of nitrogens with zero attached hydrogens (tertiary/aromatic N) is 2. The number of aromatic amines is 1. The Hall–Kier alpha value is -2.23. The Morgan fingerprint density at radius 3 is 2.88 bits per heavy atom. The van der Waals surface area contributed by atoms with Gasteiger partial charge in [-0.05, 0) is 25.1 Å². The maximum absolute atomic E-state index is 13.7. The Labute approximate surface area is 98.7 Å². The summed E-state index contributed by atoms with van der Waals surface area (Å²) < 4.78 is 13.7. The van der Waals surface area contributed by atoms with Crippen LogP contribution in [-0.4, -0.2) is 15.7 Å². The number of hydrogen-bond donors (Lipinski definition) is 1. The van der Waals surface area contributed by atoms with Crippen molar-refractivity contribution >= 4 is 5.71 Å². The molecule has 4 heteroatoms. The van der Waals surface area contributed by atoms with E-state index in [9.17, 15) is 4.39 Å². The van der Waals surface area contributed by atoms with Crippen LogP contribution in [-0.2, 0) is 0 Å². The lowest BCUT2D eigenvalue weighted by atomic mass is 10.0. The molecule has 0 amide bonds.